The van der Waals surface area contributed by atoms with E-state index >= 15 is 0 Å². The summed E-state index contributed by atoms with van der Waals surface area (Å²) in [6, 6.07) is 7.29. The van der Waals surface area contributed by atoms with Crippen LogP contribution in [0.5, 0.6) is 5.75 Å². The van der Waals surface area contributed by atoms with E-state index in [0.717, 1.165) is 29.7 Å². The van der Waals surface area contributed by atoms with Crippen LogP contribution in [0.2, 0.25) is 5.02 Å². The highest BCUT2D eigenvalue weighted by Crippen LogP contribution is 2.34. The summed E-state index contributed by atoms with van der Waals surface area (Å²) in [5.41, 5.74) is 2.08. The number of nitrogens with one attached hydrogen (secondary N) is 1. The number of amides is 3. The first-order valence-electron chi connectivity index (χ1n) is 11.6. The van der Waals surface area contributed by atoms with Crippen LogP contribution in [0.1, 0.15) is 49.2 Å². The molecule has 1 aromatic carbocycles. The van der Waals surface area contributed by atoms with Crippen molar-refractivity contribution in [2.24, 2.45) is 5.92 Å². The Morgan fingerprint density at radius 2 is 2.12 bits per heavy atom. The van der Waals surface area contributed by atoms with Crippen LogP contribution in [-0.2, 0) is 11.2 Å². The molecule has 3 rings (SSSR count). The van der Waals surface area contributed by atoms with Crippen molar-refractivity contribution in [1.29, 1.82) is 0 Å². The number of rotatable bonds is 9. The number of nitrogens with zero attached hydrogens (tertiary/aromatic N) is 2. The Morgan fingerprint density at radius 3 is 2.82 bits per heavy atom. The molecule has 2 heterocycles. The van der Waals surface area contributed by atoms with Crippen molar-refractivity contribution in [3.63, 3.8) is 0 Å². The highest BCUT2D eigenvalue weighted by atomic mass is 35.5. The third kappa shape index (κ3) is 6.64. The standard InChI is InChI=1S/C25H34ClN3O3S/c1-5-27-25(31)28(11-8-17(2)3)15-24(30)29-12-9-23-20(10-13-33-23)22(29)16-32-19-6-7-21(26)18(4)14-19/h6-7,10,13-14,17,22H,5,8-9,11-12,15-16H2,1-4H3,(H,27,31). The minimum Gasteiger partial charge on any atom is -0.491 e. The molecule has 1 aliphatic heterocycles. The molecule has 1 N–H and O–H groups in total. The topological polar surface area (TPSA) is 61.9 Å². The number of carbonyl (C=O) groups excluding carboxylic acids is 2. The quantitative estimate of drug-likeness (QED) is 0.518. The van der Waals surface area contributed by atoms with E-state index in [-0.39, 0.29) is 24.5 Å². The summed E-state index contributed by atoms with van der Waals surface area (Å²) in [4.78, 5) is 30.8. The fraction of sp³-hybridized carbons (Fsp3) is 0.520. The summed E-state index contributed by atoms with van der Waals surface area (Å²) in [6.07, 6.45) is 1.67. The molecule has 1 aromatic heterocycles. The molecule has 8 heteroatoms. The largest absolute Gasteiger partial charge is 0.491 e. The van der Waals surface area contributed by atoms with Crippen LogP contribution >= 0.6 is 22.9 Å². The van der Waals surface area contributed by atoms with E-state index in [9.17, 15) is 9.59 Å². The number of thiophene rings is 1. The van der Waals surface area contributed by atoms with Crippen LogP contribution < -0.4 is 10.1 Å². The summed E-state index contributed by atoms with van der Waals surface area (Å²) in [5, 5.41) is 5.61. The summed E-state index contributed by atoms with van der Waals surface area (Å²) in [7, 11) is 0. The number of hydrogen-bond acceptors (Lipinski definition) is 4. The number of fused-ring (bicyclic) bond motifs is 1. The number of benzene rings is 1. The lowest BCUT2D eigenvalue weighted by molar-refractivity contribution is -0.135. The van der Waals surface area contributed by atoms with Gasteiger partial charge in [-0.2, -0.15) is 0 Å². The van der Waals surface area contributed by atoms with Crippen molar-refractivity contribution >= 4 is 34.9 Å². The van der Waals surface area contributed by atoms with Crippen LogP contribution in [0.25, 0.3) is 0 Å². The maximum absolute atomic E-state index is 13.4. The van der Waals surface area contributed by atoms with Crippen molar-refractivity contribution < 1.29 is 14.3 Å². The normalized spacial score (nSPS) is 15.3. The van der Waals surface area contributed by atoms with E-state index < -0.39 is 0 Å². The molecular weight excluding hydrogens is 458 g/mol. The maximum Gasteiger partial charge on any atom is 0.317 e. The first-order chi connectivity index (χ1) is 15.8. The van der Waals surface area contributed by atoms with Gasteiger partial charge in [-0.3, -0.25) is 4.79 Å². The highest BCUT2D eigenvalue weighted by molar-refractivity contribution is 7.10. The number of ether oxygens (including phenoxy) is 1. The minimum atomic E-state index is -0.191. The van der Waals surface area contributed by atoms with Gasteiger partial charge in [0.15, 0.2) is 0 Å². The van der Waals surface area contributed by atoms with Crippen molar-refractivity contribution in [3.8, 4) is 5.75 Å². The summed E-state index contributed by atoms with van der Waals surface area (Å²) < 4.78 is 6.12. The Balaban J connectivity index is 1.75. The lowest BCUT2D eigenvalue weighted by atomic mass is 10.0. The van der Waals surface area contributed by atoms with Crippen LogP contribution in [-0.4, -0.2) is 54.5 Å². The average molecular weight is 492 g/mol. The fourth-order valence-corrected chi connectivity index (χ4v) is 4.99. The Bertz CT molecular complexity index is 962. The Hall–Kier alpha value is -2.25. The molecule has 33 heavy (non-hydrogen) atoms. The molecule has 0 bridgehead atoms. The molecule has 0 aliphatic carbocycles. The highest BCUT2D eigenvalue weighted by Gasteiger charge is 2.33. The second-order valence-electron chi connectivity index (χ2n) is 8.81. The van der Waals surface area contributed by atoms with E-state index in [1.54, 1.807) is 16.2 Å². The van der Waals surface area contributed by atoms with Crippen molar-refractivity contribution in [1.82, 2.24) is 15.1 Å². The second kappa shape index (κ2) is 11.7. The second-order valence-corrected chi connectivity index (χ2v) is 10.2. The molecule has 6 nitrogen and oxygen atoms in total. The van der Waals surface area contributed by atoms with Crippen LogP contribution in [0.15, 0.2) is 29.6 Å². The van der Waals surface area contributed by atoms with Crippen molar-refractivity contribution in [2.75, 3.05) is 32.8 Å². The van der Waals surface area contributed by atoms with E-state index in [0.29, 0.717) is 37.2 Å². The number of hydrogen-bond donors (Lipinski definition) is 1. The van der Waals surface area contributed by atoms with E-state index in [4.69, 9.17) is 16.3 Å². The predicted octanol–water partition coefficient (Wildman–Crippen LogP) is 5.29. The minimum absolute atomic E-state index is 0.0530. The third-order valence-electron chi connectivity index (χ3n) is 5.87. The summed E-state index contributed by atoms with van der Waals surface area (Å²) >= 11 is 7.86. The van der Waals surface area contributed by atoms with Crippen molar-refractivity contribution in [3.05, 3.63) is 50.7 Å². The van der Waals surface area contributed by atoms with Crippen LogP contribution in [0.3, 0.4) is 0 Å². The van der Waals surface area contributed by atoms with E-state index in [2.05, 4.69) is 30.6 Å². The summed E-state index contributed by atoms with van der Waals surface area (Å²) in [5.74, 6) is 1.12. The zero-order chi connectivity index (χ0) is 24.0. The molecule has 1 unspecified atom stereocenters. The SMILES string of the molecule is CCNC(=O)N(CCC(C)C)CC(=O)N1CCc2sccc2C1COc1ccc(Cl)c(C)c1. The molecule has 0 saturated carbocycles. The number of halogens is 1. The zero-order valence-electron chi connectivity index (χ0n) is 19.9. The Kier molecular flexibility index (Phi) is 9.03. The molecular formula is C25H34ClN3O3S. The van der Waals surface area contributed by atoms with Crippen molar-refractivity contribution in [2.45, 2.75) is 46.6 Å². The van der Waals surface area contributed by atoms with Crippen LogP contribution in [0.4, 0.5) is 4.79 Å². The van der Waals surface area contributed by atoms with E-state index in [1.807, 2.05) is 36.9 Å². The number of carbonyl (C=O) groups is 2. The van der Waals surface area contributed by atoms with Gasteiger partial charge in [0.25, 0.3) is 0 Å². The molecule has 1 aliphatic rings. The van der Waals surface area contributed by atoms with Gasteiger partial charge in [0.2, 0.25) is 5.91 Å². The summed E-state index contributed by atoms with van der Waals surface area (Å²) in [6.45, 7) is 10.2. The molecule has 2 aromatic rings. The lowest BCUT2D eigenvalue weighted by Crippen LogP contribution is -2.50. The monoisotopic (exact) mass is 491 g/mol. The van der Waals surface area contributed by atoms with Gasteiger partial charge in [-0.25, -0.2) is 4.79 Å². The average Bonchev–Trinajstić information content (AvgIpc) is 3.26. The molecule has 0 saturated heterocycles. The van der Waals surface area contributed by atoms with Gasteiger partial charge >= 0.3 is 6.03 Å². The Morgan fingerprint density at radius 1 is 1.33 bits per heavy atom. The van der Waals surface area contributed by atoms with Gasteiger partial charge in [0, 0.05) is 29.5 Å². The van der Waals surface area contributed by atoms with Gasteiger partial charge in [0.05, 0.1) is 6.04 Å². The molecule has 3 amide bonds. The maximum atomic E-state index is 13.4. The Labute approximate surface area is 205 Å². The lowest BCUT2D eigenvalue weighted by Gasteiger charge is -2.37. The van der Waals surface area contributed by atoms with Gasteiger partial charge in [0.1, 0.15) is 18.9 Å². The third-order valence-corrected chi connectivity index (χ3v) is 7.29. The van der Waals surface area contributed by atoms with Gasteiger partial charge in [-0.05, 0) is 73.4 Å². The van der Waals surface area contributed by atoms with Gasteiger partial charge in [-0.15, -0.1) is 11.3 Å². The van der Waals surface area contributed by atoms with E-state index in [1.165, 1.54) is 4.88 Å². The van der Waals surface area contributed by atoms with Gasteiger partial charge < -0.3 is 19.9 Å². The molecule has 1 atom stereocenters. The fourth-order valence-electron chi connectivity index (χ4n) is 3.94. The molecule has 180 valence electrons. The zero-order valence-corrected chi connectivity index (χ0v) is 21.5. The predicted molar refractivity (Wildman–Crippen MR) is 134 cm³/mol. The molecule has 0 fully saturated rings. The first-order valence-corrected chi connectivity index (χ1v) is 12.8. The van der Waals surface area contributed by atoms with Gasteiger partial charge in [-0.1, -0.05) is 25.4 Å². The number of urea groups is 1. The van der Waals surface area contributed by atoms with Crippen LogP contribution in [0, 0.1) is 12.8 Å². The molecule has 0 radical (unpaired) electrons. The number of aryl methyl sites for hydroxylation is 1. The molecule has 0 spiro atoms. The first kappa shape index (κ1) is 25.4. The smallest absolute Gasteiger partial charge is 0.317 e.